The summed E-state index contributed by atoms with van der Waals surface area (Å²) >= 11 is 0. The second kappa shape index (κ2) is 5.64. The van der Waals surface area contributed by atoms with Gasteiger partial charge in [-0.1, -0.05) is 0 Å². The van der Waals surface area contributed by atoms with Crippen molar-refractivity contribution in [2.24, 2.45) is 0 Å². The van der Waals surface area contributed by atoms with Crippen molar-refractivity contribution < 1.29 is 14.3 Å². The Kier molecular flexibility index (Phi) is 4.74. The number of carbonyl (C=O) groups is 1. The molecule has 0 saturated carbocycles. The monoisotopic (exact) mass is 229 g/mol. The van der Waals surface area contributed by atoms with Crippen molar-refractivity contribution in [3.8, 4) is 0 Å². The molecule has 0 radical (unpaired) electrons. The minimum absolute atomic E-state index is 0.0328. The van der Waals surface area contributed by atoms with E-state index in [9.17, 15) is 4.79 Å². The maximum atomic E-state index is 11.8. The zero-order valence-electron chi connectivity index (χ0n) is 10.7. The Morgan fingerprint density at radius 1 is 1.38 bits per heavy atom. The lowest BCUT2D eigenvalue weighted by molar-refractivity contribution is -0.155. The van der Waals surface area contributed by atoms with Gasteiger partial charge < -0.3 is 9.47 Å². The van der Waals surface area contributed by atoms with Gasteiger partial charge in [-0.3, -0.25) is 10.1 Å². The van der Waals surface area contributed by atoms with E-state index in [4.69, 9.17) is 9.47 Å². The molecule has 4 heteroatoms. The van der Waals surface area contributed by atoms with Gasteiger partial charge in [0.25, 0.3) is 0 Å². The van der Waals surface area contributed by atoms with Crippen LogP contribution in [0.4, 0.5) is 0 Å². The largest absolute Gasteiger partial charge is 0.461 e. The van der Waals surface area contributed by atoms with E-state index < -0.39 is 0 Å². The SMILES string of the molecule is C[C@H](NC(C)(C)C)C(=O)OC1CCOCC1. The van der Waals surface area contributed by atoms with Gasteiger partial charge in [0.1, 0.15) is 12.1 Å². The highest BCUT2D eigenvalue weighted by atomic mass is 16.6. The average Bonchev–Trinajstić information content (AvgIpc) is 2.16. The molecule has 16 heavy (non-hydrogen) atoms. The molecule has 1 N–H and O–H groups in total. The van der Waals surface area contributed by atoms with E-state index in [2.05, 4.69) is 5.32 Å². The summed E-state index contributed by atoms with van der Waals surface area (Å²) in [4.78, 5) is 11.8. The van der Waals surface area contributed by atoms with Crippen LogP contribution in [-0.4, -0.2) is 36.9 Å². The van der Waals surface area contributed by atoms with Gasteiger partial charge >= 0.3 is 5.97 Å². The van der Waals surface area contributed by atoms with Crippen molar-refractivity contribution in [1.82, 2.24) is 5.32 Å². The molecule has 0 aliphatic carbocycles. The Morgan fingerprint density at radius 3 is 2.44 bits per heavy atom. The Morgan fingerprint density at radius 2 is 1.94 bits per heavy atom. The number of hydrogen-bond acceptors (Lipinski definition) is 4. The van der Waals surface area contributed by atoms with Gasteiger partial charge in [-0.15, -0.1) is 0 Å². The topological polar surface area (TPSA) is 47.6 Å². The molecule has 1 saturated heterocycles. The fraction of sp³-hybridized carbons (Fsp3) is 0.917. The third kappa shape index (κ3) is 4.94. The summed E-state index contributed by atoms with van der Waals surface area (Å²) in [6, 6.07) is -0.261. The molecule has 0 aromatic rings. The molecule has 0 bridgehead atoms. The highest BCUT2D eigenvalue weighted by Crippen LogP contribution is 2.12. The van der Waals surface area contributed by atoms with Gasteiger partial charge in [0.05, 0.1) is 13.2 Å². The van der Waals surface area contributed by atoms with Crippen LogP contribution in [0.2, 0.25) is 0 Å². The average molecular weight is 229 g/mol. The van der Waals surface area contributed by atoms with Gasteiger partial charge in [0.2, 0.25) is 0 Å². The van der Waals surface area contributed by atoms with Crippen molar-refractivity contribution in [2.75, 3.05) is 13.2 Å². The fourth-order valence-electron chi connectivity index (χ4n) is 1.77. The van der Waals surface area contributed by atoms with Crippen LogP contribution < -0.4 is 5.32 Å². The highest BCUT2D eigenvalue weighted by Gasteiger charge is 2.24. The normalized spacial score (nSPS) is 20.5. The lowest BCUT2D eigenvalue weighted by Crippen LogP contribution is -2.47. The predicted octanol–water partition coefficient (Wildman–Crippen LogP) is 1.49. The molecular weight excluding hydrogens is 206 g/mol. The number of ether oxygens (including phenoxy) is 2. The minimum Gasteiger partial charge on any atom is -0.461 e. The number of carbonyl (C=O) groups excluding carboxylic acids is 1. The van der Waals surface area contributed by atoms with E-state index in [1.807, 2.05) is 27.7 Å². The van der Waals surface area contributed by atoms with Crippen LogP contribution >= 0.6 is 0 Å². The van der Waals surface area contributed by atoms with Crippen LogP contribution in [0.1, 0.15) is 40.5 Å². The quantitative estimate of drug-likeness (QED) is 0.745. The van der Waals surface area contributed by atoms with Crippen LogP contribution in [0.3, 0.4) is 0 Å². The van der Waals surface area contributed by atoms with Crippen molar-refractivity contribution in [3.05, 3.63) is 0 Å². The first-order valence-corrected chi connectivity index (χ1v) is 5.94. The van der Waals surface area contributed by atoms with Gasteiger partial charge in [-0.05, 0) is 27.7 Å². The summed E-state index contributed by atoms with van der Waals surface area (Å²) in [7, 11) is 0. The van der Waals surface area contributed by atoms with Crippen LogP contribution in [0.15, 0.2) is 0 Å². The Bertz CT molecular complexity index is 229. The van der Waals surface area contributed by atoms with E-state index in [1.165, 1.54) is 0 Å². The highest BCUT2D eigenvalue weighted by molar-refractivity contribution is 5.75. The van der Waals surface area contributed by atoms with Crippen molar-refractivity contribution >= 4 is 5.97 Å². The van der Waals surface area contributed by atoms with Crippen molar-refractivity contribution in [1.29, 1.82) is 0 Å². The molecule has 1 aliphatic rings. The van der Waals surface area contributed by atoms with E-state index in [0.29, 0.717) is 13.2 Å². The maximum absolute atomic E-state index is 11.8. The molecule has 0 aromatic carbocycles. The number of esters is 1. The zero-order chi connectivity index (χ0) is 12.2. The molecular formula is C12H23NO3. The summed E-state index contributed by atoms with van der Waals surface area (Å²) in [5.74, 6) is -0.165. The Labute approximate surface area is 97.7 Å². The molecule has 0 unspecified atom stereocenters. The van der Waals surface area contributed by atoms with E-state index in [-0.39, 0.29) is 23.7 Å². The van der Waals surface area contributed by atoms with E-state index >= 15 is 0 Å². The number of hydrogen-bond donors (Lipinski definition) is 1. The summed E-state index contributed by atoms with van der Waals surface area (Å²) in [5.41, 5.74) is -0.0753. The lowest BCUT2D eigenvalue weighted by Gasteiger charge is -2.28. The van der Waals surface area contributed by atoms with E-state index in [0.717, 1.165) is 12.8 Å². The molecule has 4 nitrogen and oxygen atoms in total. The third-order valence-corrected chi connectivity index (χ3v) is 2.45. The lowest BCUT2D eigenvalue weighted by atomic mass is 10.1. The first-order valence-electron chi connectivity index (χ1n) is 5.94. The van der Waals surface area contributed by atoms with Gasteiger partial charge in [-0.2, -0.15) is 0 Å². The molecule has 1 atom stereocenters. The third-order valence-electron chi connectivity index (χ3n) is 2.45. The number of rotatable bonds is 3. The summed E-state index contributed by atoms with van der Waals surface area (Å²) in [6.45, 7) is 9.33. The summed E-state index contributed by atoms with van der Waals surface area (Å²) in [6.07, 6.45) is 1.66. The second-order valence-electron chi connectivity index (χ2n) is 5.36. The Balaban J connectivity index is 2.33. The standard InChI is InChI=1S/C12H23NO3/c1-9(13-12(2,3)4)11(14)16-10-5-7-15-8-6-10/h9-10,13H,5-8H2,1-4H3/t9-/m0/s1. The fourth-order valence-corrected chi connectivity index (χ4v) is 1.77. The van der Waals surface area contributed by atoms with E-state index in [1.54, 1.807) is 0 Å². The molecule has 0 spiro atoms. The van der Waals surface area contributed by atoms with Crippen LogP contribution in [0.5, 0.6) is 0 Å². The molecule has 0 aromatic heterocycles. The van der Waals surface area contributed by atoms with Crippen LogP contribution in [0, 0.1) is 0 Å². The number of nitrogens with one attached hydrogen (secondary N) is 1. The Hall–Kier alpha value is -0.610. The first kappa shape index (κ1) is 13.5. The van der Waals surface area contributed by atoms with Crippen LogP contribution in [0.25, 0.3) is 0 Å². The molecule has 0 amide bonds. The predicted molar refractivity (Wildman–Crippen MR) is 62.3 cm³/mol. The minimum atomic E-state index is -0.261. The van der Waals surface area contributed by atoms with Crippen molar-refractivity contribution in [3.63, 3.8) is 0 Å². The molecule has 1 fully saturated rings. The van der Waals surface area contributed by atoms with Crippen molar-refractivity contribution in [2.45, 2.75) is 58.2 Å². The smallest absolute Gasteiger partial charge is 0.323 e. The molecule has 1 heterocycles. The molecule has 94 valence electrons. The molecule has 1 rings (SSSR count). The zero-order valence-corrected chi connectivity index (χ0v) is 10.7. The van der Waals surface area contributed by atoms with Crippen LogP contribution in [-0.2, 0) is 14.3 Å². The van der Waals surface area contributed by atoms with Gasteiger partial charge in [-0.25, -0.2) is 0 Å². The molecule has 1 aliphatic heterocycles. The van der Waals surface area contributed by atoms with Gasteiger partial charge in [0.15, 0.2) is 0 Å². The van der Waals surface area contributed by atoms with Gasteiger partial charge in [0, 0.05) is 18.4 Å². The summed E-state index contributed by atoms with van der Waals surface area (Å²) in [5, 5.41) is 3.20. The second-order valence-corrected chi connectivity index (χ2v) is 5.36. The summed E-state index contributed by atoms with van der Waals surface area (Å²) < 4.78 is 10.6. The first-order chi connectivity index (χ1) is 7.38. The maximum Gasteiger partial charge on any atom is 0.323 e.